The van der Waals surface area contributed by atoms with Gasteiger partial charge in [-0.25, -0.2) is 13.2 Å². The van der Waals surface area contributed by atoms with Crippen LogP contribution in [0.4, 0.5) is 10.5 Å². The quantitative estimate of drug-likeness (QED) is 0.886. The smallest absolute Gasteiger partial charge is 0.319 e. The summed E-state index contributed by atoms with van der Waals surface area (Å²) >= 11 is 0. The molecule has 2 amide bonds. The normalized spacial score (nSPS) is 19.8. The molecule has 0 spiro atoms. The van der Waals surface area contributed by atoms with Gasteiger partial charge < -0.3 is 10.6 Å². The number of anilines is 1. The third-order valence-electron chi connectivity index (χ3n) is 4.21. The van der Waals surface area contributed by atoms with Crippen LogP contribution in [0.5, 0.6) is 0 Å². The Balaban J connectivity index is 1.73. The zero-order valence-electron chi connectivity index (χ0n) is 13.1. The van der Waals surface area contributed by atoms with Crippen LogP contribution >= 0.6 is 0 Å². The first kappa shape index (κ1) is 16.3. The number of carbonyl (C=O) groups excluding carboxylic acids is 1. The van der Waals surface area contributed by atoms with Crippen molar-refractivity contribution in [2.24, 2.45) is 0 Å². The number of hydrogen-bond acceptors (Lipinski definition) is 3. The van der Waals surface area contributed by atoms with Gasteiger partial charge in [0, 0.05) is 24.8 Å². The maximum atomic E-state index is 12.8. The summed E-state index contributed by atoms with van der Waals surface area (Å²) in [5.41, 5.74) is 0.499. The van der Waals surface area contributed by atoms with Crippen molar-refractivity contribution in [1.82, 2.24) is 9.62 Å². The van der Waals surface area contributed by atoms with Crippen LogP contribution in [0.25, 0.3) is 0 Å². The lowest BCUT2D eigenvalue weighted by atomic mass is 10.2. The molecule has 0 atom stereocenters. The van der Waals surface area contributed by atoms with E-state index in [0.29, 0.717) is 18.8 Å². The second-order valence-electron chi connectivity index (χ2n) is 6.22. The molecule has 7 heteroatoms. The monoisotopic (exact) mass is 337 g/mol. The van der Waals surface area contributed by atoms with E-state index in [1.165, 1.54) is 6.07 Å². The van der Waals surface area contributed by atoms with E-state index < -0.39 is 10.0 Å². The van der Waals surface area contributed by atoms with E-state index in [9.17, 15) is 13.2 Å². The minimum Gasteiger partial charge on any atom is -0.335 e. The van der Waals surface area contributed by atoms with Crippen LogP contribution in [-0.2, 0) is 10.0 Å². The highest BCUT2D eigenvalue weighted by atomic mass is 32.2. The Morgan fingerprint density at radius 3 is 2.43 bits per heavy atom. The predicted octanol–water partition coefficient (Wildman–Crippen LogP) is 2.54. The van der Waals surface area contributed by atoms with Crippen molar-refractivity contribution in [2.45, 2.75) is 49.5 Å². The van der Waals surface area contributed by atoms with Crippen molar-refractivity contribution in [3.05, 3.63) is 24.3 Å². The van der Waals surface area contributed by atoms with E-state index in [4.69, 9.17) is 0 Å². The van der Waals surface area contributed by atoms with Gasteiger partial charge in [0.15, 0.2) is 0 Å². The van der Waals surface area contributed by atoms with Crippen molar-refractivity contribution >= 4 is 21.7 Å². The van der Waals surface area contributed by atoms with E-state index in [1.54, 1.807) is 22.5 Å². The standard InChI is InChI=1S/C16H23N3O3S/c20-16(17-13-8-9-13)18-14-6-5-7-15(12-14)23(21,22)19-10-3-1-2-4-11-19/h5-7,12-13H,1-4,8-11H2,(H2,17,18,20). The van der Waals surface area contributed by atoms with Crippen LogP contribution in [-0.4, -0.2) is 37.9 Å². The molecular weight excluding hydrogens is 314 g/mol. The van der Waals surface area contributed by atoms with Gasteiger partial charge in [-0.15, -0.1) is 0 Å². The third kappa shape index (κ3) is 4.23. The Bertz CT molecular complexity index is 663. The second kappa shape index (κ2) is 6.88. The minimum atomic E-state index is -3.49. The lowest BCUT2D eigenvalue weighted by Gasteiger charge is -2.20. The number of rotatable bonds is 4. The summed E-state index contributed by atoms with van der Waals surface area (Å²) in [6.07, 6.45) is 5.99. The summed E-state index contributed by atoms with van der Waals surface area (Å²) in [5.74, 6) is 0. The summed E-state index contributed by atoms with van der Waals surface area (Å²) in [5, 5.41) is 5.53. The predicted molar refractivity (Wildman–Crippen MR) is 88.8 cm³/mol. The molecule has 1 aliphatic carbocycles. The average Bonchev–Trinajstić information content (AvgIpc) is 3.33. The Morgan fingerprint density at radius 2 is 1.78 bits per heavy atom. The molecule has 0 bridgehead atoms. The zero-order chi connectivity index (χ0) is 16.3. The minimum absolute atomic E-state index is 0.239. The van der Waals surface area contributed by atoms with Crippen molar-refractivity contribution < 1.29 is 13.2 Å². The zero-order valence-corrected chi connectivity index (χ0v) is 13.9. The molecular formula is C16H23N3O3S. The molecule has 6 nitrogen and oxygen atoms in total. The first-order chi connectivity index (χ1) is 11.1. The number of sulfonamides is 1. The molecule has 1 saturated heterocycles. The molecule has 0 unspecified atom stereocenters. The van der Waals surface area contributed by atoms with Gasteiger partial charge in [-0.2, -0.15) is 4.31 Å². The molecule has 2 N–H and O–H groups in total. The van der Waals surface area contributed by atoms with Crippen molar-refractivity contribution in [3.63, 3.8) is 0 Å². The van der Waals surface area contributed by atoms with Crippen LogP contribution < -0.4 is 10.6 Å². The second-order valence-corrected chi connectivity index (χ2v) is 8.16. The van der Waals surface area contributed by atoms with Gasteiger partial charge in [0.05, 0.1) is 4.90 Å². The molecule has 3 rings (SSSR count). The summed E-state index contributed by atoms with van der Waals surface area (Å²) in [7, 11) is -3.49. The van der Waals surface area contributed by atoms with Crippen LogP contribution in [0.15, 0.2) is 29.2 Å². The van der Waals surface area contributed by atoms with Crippen molar-refractivity contribution in [3.8, 4) is 0 Å². The first-order valence-corrected chi connectivity index (χ1v) is 9.67. The van der Waals surface area contributed by atoms with Gasteiger partial charge in [-0.3, -0.25) is 0 Å². The average molecular weight is 337 g/mol. The van der Waals surface area contributed by atoms with Gasteiger partial charge >= 0.3 is 6.03 Å². The molecule has 1 aliphatic heterocycles. The molecule has 1 saturated carbocycles. The molecule has 1 aromatic carbocycles. The SMILES string of the molecule is O=C(Nc1cccc(S(=O)(=O)N2CCCCCC2)c1)NC1CC1. The Hall–Kier alpha value is -1.60. The Labute approximate surface area is 137 Å². The van der Waals surface area contributed by atoms with Crippen LogP contribution in [0.3, 0.4) is 0 Å². The third-order valence-corrected chi connectivity index (χ3v) is 6.10. The van der Waals surface area contributed by atoms with E-state index in [-0.39, 0.29) is 17.0 Å². The van der Waals surface area contributed by atoms with Crippen molar-refractivity contribution in [2.75, 3.05) is 18.4 Å². The van der Waals surface area contributed by atoms with Gasteiger partial charge in [-0.1, -0.05) is 18.9 Å². The van der Waals surface area contributed by atoms with Gasteiger partial charge in [-0.05, 0) is 43.9 Å². The lowest BCUT2D eigenvalue weighted by Crippen LogP contribution is -2.32. The summed E-state index contributed by atoms with van der Waals surface area (Å²) in [6.45, 7) is 1.14. The van der Waals surface area contributed by atoms with Crippen LogP contribution in [0, 0.1) is 0 Å². The molecule has 0 aromatic heterocycles. The molecule has 1 heterocycles. The number of urea groups is 1. The largest absolute Gasteiger partial charge is 0.335 e. The number of amides is 2. The summed E-state index contributed by atoms with van der Waals surface area (Å²) < 4.78 is 27.1. The van der Waals surface area contributed by atoms with Gasteiger partial charge in [0.1, 0.15) is 0 Å². The van der Waals surface area contributed by atoms with Crippen LogP contribution in [0.1, 0.15) is 38.5 Å². The highest BCUT2D eigenvalue weighted by molar-refractivity contribution is 7.89. The van der Waals surface area contributed by atoms with Gasteiger partial charge in [0.25, 0.3) is 0 Å². The fraction of sp³-hybridized carbons (Fsp3) is 0.562. The van der Waals surface area contributed by atoms with Gasteiger partial charge in [0.2, 0.25) is 10.0 Å². The van der Waals surface area contributed by atoms with E-state index >= 15 is 0 Å². The first-order valence-electron chi connectivity index (χ1n) is 8.23. The van der Waals surface area contributed by atoms with E-state index in [1.807, 2.05) is 0 Å². The molecule has 2 fully saturated rings. The fourth-order valence-electron chi connectivity index (χ4n) is 2.75. The fourth-order valence-corrected chi connectivity index (χ4v) is 4.31. The Kier molecular flexibility index (Phi) is 4.87. The number of nitrogens with one attached hydrogen (secondary N) is 2. The Morgan fingerprint density at radius 1 is 1.09 bits per heavy atom. The molecule has 23 heavy (non-hydrogen) atoms. The molecule has 126 valence electrons. The number of nitrogens with zero attached hydrogens (tertiary/aromatic N) is 1. The maximum absolute atomic E-state index is 12.8. The van der Waals surface area contributed by atoms with E-state index in [2.05, 4.69) is 10.6 Å². The van der Waals surface area contributed by atoms with Crippen molar-refractivity contribution in [1.29, 1.82) is 0 Å². The number of carbonyl (C=O) groups is 1. The number of hydrogen-bond donors (Lipinski definition) is 2. The topological polar surface area (TPSA) is 78.5 Å². The summed E-state index contributed by atoms with van der Waals surface area (Å²) in [6, 6.07) is 6.47. The lowest BCUT2D eigenvalue weighted by molar-refractivity contribution is 0.251. The van der Waals surface area contributed by atoms with E-state index in [0.717, 1.165) is 38.5 Å². The van der Waals surface area contributed by atoms with Crippen LogP contribution in [0.2, 0.25) is 0 Å². The highest BCUT2D eigenvalue weighted by Crippen LogP contribution is 2.23. The molecule has 0 radical (unpaired) electrons. The summed E-state index contributed by atoms with van der Waals surface area (Å²) in [4.78, 5) is 12.0. The highest BCUT2D eigenvalue weighted by Gasteiger charge is 2.26. The molecule has 2 aliphatic rings. The molecule has 1 aromatic rings. The number of benzene rings is 1. The maximum Gasteiger partial charge on any atom is 0.319 e.